The van der Waals surface area contributed by atoms with Gasteiger partial charge in [-0.25, -0.2) is 0 Å². The zero-order valence-corrected chi connectivity index (χ0v) is 12.4. The summed E-state index contributed by atoms with van der Waals surface area (Å²) < 4.78 is 4.84. The first kappa shape index (κ1) is 14.8. The van der Waals surface area contributed by atoms with Gasteiger partial charge in [-0.1, -0.05) is 19.8 Å². The minimum Gasteiger partial charge on any atom is -0.469 e. The van der Waals surface area contributed by atoms with E-state index in [2.05, 4.69) is 11.8 Å². The third kappa shape index (κ3) is 2.95. The molecule has 0 aromatic heterocycles. The van der Waals surface area contributed by atoms with E-state index < -0.39 is 5.60 Å². The molecule has 0 amide bonds. The van der Waals surface area contributed by atoms with E-state index in [0.717, 1.165) is 38.8 Å². The maximum Gasteiger partial charge on any atom is 0.309 e. The molecule has 110 valence electrons. The average molecular weight is 269 g/mol. The standard InChI is InChI=1S/C15H27NO3/c1-11(14(17)19-3)12(2)16-9-8-15(18)7-5-4-6-13(15)10-16/h11-13,18H,4-10H2,1-3H3. The second-order valence-electron chi connectivity index (χ2n) is 6.34. The van der Waals surface area contributed by atoms with E-state index in [-0.39, 0.29) is 17.9 Å². The topological polar surface area (TPSA) is 49.8 Å². The van der Waals surface area contributed by atoms with Gasteiger partial charge in [0.15, 0.2) is 0 Å². The summed E-state index contributed by atoms with van der Waals surface area (Å²) in [6, 6.07) is 0.180. The summed E-state index contributed by atoms with van der Waals surface area (Å²) >= 11 is 0. The number of likely N-dealkylation sites (tertiary alicyclic amines) is 1. The number of rotatable bonds is 3. The van der Waals surface area contributed by atoms with Crippen LogP contribution in [0.2, 0.25) is 0 Å². The van der Waals surface area contributed by atoms with E-state index in [9.17, 15) is 9.90 Å². The molecule has 0 aromatic carbocycles. The molecule has 4 heteroatoms. The number of ether oxygens (including phenoxy) is 1. The molecule has 0 aromatic rings. The highest BCUT2D eigenvalue weighted by atomic mass is 16.5. The summed E-state index contributed by atoms with van der Waals surface area (Å²) in [5, 5.41) is 10.7. The Balaban J connectivity index is 1.98. The number of carbonyl (C=O) groups is 1. The molecule has 1 saturated heterocycles. The van der Waals surface area contributed by atoms with Gasteiger partial charge in [0.1, 0.15) is 0 Å². The molecule has 4 atom stereocenters. The molecule has 1 saturated carbocycles. The Bertz CT molecular complexity index is 333. The van der Waals surface area contributed by atoms with E-state index in [0.29, 0.717) is 5.92 Å². The molecule has 1 N–H and O–H groups in total. The SMILES string of the molecule is COC(=O)C(C)C(C)N1CCC2(O)CCCCC2C1. The van der Waals surface area contributed by atoms with Crippen molar-refractivity contribution < 1.29 is 14.6 Å². The Morgan fingerprint density at radius 2 is 2.11 bits per heavy atom. The zero-order chi connectivity index (χ0) is 14.0. The van der Waals surface area contributed by atoms with Crippen LogP contribution in [0.25, 0.3) is 0 Å². The third-order valence-electron chi connectivity index (χ3n) is 5.33. The Kier molecular flexibility index (Phi) is 4.51. The maximum atomic E-state index is 11.6. The van der Waals surface area contributed by atoms with Crippen molar-refractivity contribution in [3.8, 4) is 0 Å². The molecule has 1 aliphatic carbocycles. The van der Waals surface area contributed by atoms with Crippen LogP contribution < -0.4 is 0 Å². The minimum absolute atomic E-state index is 0.111. The molecule has 19 heavy (non-hydrogen) atoms. The summed E-state index contributed by atoms with van der Waals surface area (Å²) in [4.78, 5) is 14.0. The van der Waals surface area contributed by atoms with Crippen LogP contribution in [-0.4, -0.2) is 47.8 Å². The lowest BCUT2D eigenvalue weighted by Gasteiger charge is -2.49. The van der Waals surface area contributed by atoms with Crippen molar-refractivity contribution in [1.29, 1.82) is 0 Å². The van der Waals surface area contributed by atoms with Crippen molar-refractivity contribution in [2.75, 3.05) is 20.2 Å². The van der Waals surface area contributed by atoms with Crippen LogP contribution in [0.5, 0.6) is 0 Å². The van der Waals surface area contributed by atoms with Gasteiger partial charge in [-0.3, -0.25) is 9.69 Å². The average Bonchev–Trinajstić information content (AvgIpc) is 2.43. The van der Waals surface area contributed by atoms with Crippen LogP contribution >= 0.6 is 0 Å². The van der Waals surface area contributed by atoms with Crippen LogP contribution in [0.1, 0.15) is 46.0 Å². The number of fused-ring (bicyclic) bond motifs is 1. The normalized spacial score (nSPS) is 35.3. The fourth-order valence-electron chi connectivity index (χ4n) is 3.67. The highest BCUT2D eigenvalue weighted by Gasteiger charge is 2.44. The Morgan fingerprint density at radius 3 is 2.79 bits per heavy atom. The van der Waals surface area contributed by atoms with Gasteiger partial charge in [0.2, 0.25) is 0 Å². The minimum atomic E-state index is -0.441. The molecule has 2 fully saturated rings. The predicted octanol–water partition coefficient (Wildman–Crippen LogP) is 1.81. The molecular weight excluding hydrogens is 242 g/mol. The van der Waals surface area contributed by atoms with E-state index in [1.807, 2.05) is 6.92 Å². The van der Waals surface area contributed by atoms with Crippen LogP contribution in [0.3, 0.4) is 0 Å². The molecule has 1 heterocycles. The van der Waals surface area contributed by atoms with E-state index in [4.69, 9.17) is 4.74 Å². The second-order valence-corrected chi connectivity index (χ2v) is 6.34. The van der Waals surface area contributed by atoms with E-state index in [1.54, 1.807) is 0 Å². The van der Waals surface area contributed by atoms with Crippen molar-refractivity contribution in [3.05, 3.63) is 0 Å². The first-order chi connectivity index (χ1) is 8.98. The molecule has 4 unspecified atom stereocenters. The van der Waals surface area contributed by atoms with Gasteiger partial charge in [-0.05, 0) is 26.2 Å². The first-order valence-corrected chi connectivity index (χ1v) is 7.52. The van der Waals surface area contributed by atoms with E-state index >= 15 is 0 Å². The van der Waals surface area contributed by atoms with Crippen molar-refractivity contribution in [3.63, 3.8) is 0 Å². The number of hydrogen-bond acceptors (Lipinski definition) is 4. The fraction of sp³-hybridized carbons (Fsp3) is 0.933. The molecular formula is C15H27NO3. The van der Waals surface area contributed by atoms with Crippen molar-refractivity contribution in [2.24, 2.45) is 11.8 Å². The maximum absolute atomic E-state index is 11.6. The highest BCUT2D eigenvalue weighted by molar-refractivity contribution is 5.72. The number of methoxy groups -OCH3 is 1. The summed E-state index contributed by atoms with van der Waals surface area (Å²) in [7, 11) is 1.45. The molecule has 2 aliphatic rings. The monoisotopic (exact) mass is 269 g/mol. The van der Waals surface area contributed by atoms with Gasteiger partial charge >= 0.3 is 5.97 Å². The predicted molar refractivity (Wildman–Crippen MR) is 73.7 cm³/mol. The van der Waals surface area contributed by atoms with Crippen LogP contribution in [-0.2, 0) is 9.53 Å². The van der Waals surface area contributed by atoms with Gasteiger partial charge in [0.05, 0.1) is 18.6 Å². The zero-order valence-electron chi connectivity index (χ0n) is 12.4. The van der Waals surface area contributed by atoms with Gasteiger partial charge in [0, 0.05) is 25.0 Å². The molecule has 0 radical (unpaired) electrons. The molecule has 1 aliphatic heterocycles. The highest BCUT2D eigenvalue weighted by Crippen LogP contribution is 2.40. The molecule has 2 rings (SSSR count). The Labute approximate surface area is 116 Å². The summed E-state index contributed by atoms with van der Waals surface area (Å²) in [6.07, 6.45) is 5.29. The van der Waals surface area contributed by atoms with Gasteiger partial charge in [-0.15, -0.1) is 0 Å². The number of piperidine rings is 1. The van der Waals surface area contributed by atoms with Crippen molar-refractivity contribution in [2.45, 2.75) is 57.6 Å². The number of hydrogen-bond donors (Lipinski definition) is 1. The van der Waals surface area contributed by atoms with Crippen LogP contribution in [0, 0.1) is 11.8 Å². The number of carbonyl (C=O) groups excluding carboxylic acids is 1. The van der Waals surface area contributed by atoms with Crippen LogP contribution in [0.15, 0.2) is 0 Å². The summed E-state index contributed by atoms with van der Waals surface area (Å²) in [5.74, 6) is 0.124. The second kappa shape index (κ2) is 5.80. The van der Waals surface area contributed by atoms with E-state index in [1.165, 1.54) is 13.5 Å². The Morgan fingerprint density at radius 1 is 1.37 bits per heavy atom. The third-order valence-corrected chi connectivity index (χ3v) is 5.33. The van der Waals surface area contributed by atoms with Gasteiger partial charge in [-0.2, -0.15) is 0 Å². The number of esters is 1. The largest absolute Gasteiger partial charge is 0.469 e. The molecule has 0 spiro atoms. The van der Waals surface area contributed by atoms with Gasteiger partial charge < -0.3 is 9.84 Å². The Hall–Kier alpha value is -0.610. The van der Waals surface area contributed by atoms with Crippen LogP contribution in [0.4, 0.5) is 0 Å². The smallest absolute Gasteiger partial charge is 0.309 e. The fourth-order valence-corrected chi connectivity index (χ4v) is 3.67. The van der Waals surface area contributed by atoms with Gasteiger partial charge in [0.25, 0.3) is 0 Å². The summed E-state index contributed by atoms with van der Waals surface area (Å²) in [5.41, 5.74) is -0.441. The first-order valence-electron chi connectivity index (χ1n) is 7.52. The lowest BCUT2D eigenvalue weighted by Crippen LogP contribution is -2.56. The lowest BCUT2D eigenvalue weighted by molar-refractivity contribution is -0.149. The summed E-state index contributed by atoms with van der Waals surface area (Å²) in [6.45, 7) is 5.82. The molecule has 0 bridgehead atoms. The lowest BCUT2D eigenvalue weighted by atomic mass is 9.71. The van der Waals surface area contributed by atoms with Crippen molar-refractivity contribution >= 4 is 5.97 Å². The number of aliphatic hydroxyl groups is 1. The quantitative estimate of drug-likeness (QED) is 0.794. The number of nitrogens with zero attached hydrogens (tertiary/aromatic N) is 1. The molecule has 4 nitrogen and oxygen atoms in total. The van der Waals surface area contributed by atoms with Crippen molar-refractivity contribution in [1.82, 2.24) is 4.90 Å².